The smallest absolute Gasteiger partial charge is 0.250 e. The summed E-state index contributed by atoms with van der Waals surface area (Å²) in [7, 11) is 0. The summed E-state index contributed by atoms with van der Waals surface area (Å²) in [5.74, 6) is 1.09. The number of anilines is 1. The molecule has 8 heteroatoms. The zero-order valence-corrected chi connectivity index (χ0v) is 14.7. The maximum atomic E-state index is 11.8. The first-order chi connectivity index (χ1) is 11.7. The molecule has 0 unspecified atom stereocenters. The van der Waals surface area contributed by atoms with Crippen LogP contribution in [0.25, 0.3) is 6.08 Å². The van der Waals surface area contributed by atoms with Gasteiger partial charge in [-0.25, -0.2) is 0 Å². The Hall–Kier alpha value is -2.09. The number of amides is 1. The van der Waals surface area contributed by atoms with Crippen LogP contribution in [0.4, 0.5) is 5.13 Å². The molecular formula is C16H12ClN3O2S2. The lowest BCUT2D eigenvalue weighted by Gasteiger charge is -1.98. The van der Waals surface area contributed by atoms with Gasteiger partial charge in [0.25, 0.3) is 0 Å². The first kappa shape index (κ1) is 16.8. The van der Waals surface area contributed by atoms with E-state index in [2.05, 4.69) is 15.5 Å². The van der Waals surface area contributed by atoms with Crippen molar-refractivity contribution in [2.75, 3.05) is 5.32 Å². The summed E-state index contributed by atoms with van der Waals surface area (Å²) in [6, 6.07) is 11.2. The summed E-state index contributed by atoms with van der Waals surface area (Å²) >= 11 is 8.75. The number of hydrogen-bond acceptors (Lipinski definition) is 6. The molecule has 0 radical (unpaired) electrons. The topological polar surface area (TPSA) is 68.0 Å². The Morgan fingerprint density at radius 1 is 1.29 bits per heavy atom. The van der Waals surface area contributed by atoms with Crippen molar-refractivity contribution < 1.29 is 9.21 Å². The van der Waals surface area contributed by atoms with E-state index in [1.54, 1.807) is 36.2 Å². The molecule has 1 N–H and O–H groups in total. The molecule has 3 rings (SSSR count). The van der Waals surface area contributed by atoms with Gasteiger partial charge in [0, 0.05) is 16.9 Å². The number of carbonyl (C=O) groups is 1. The molecule has 0 bridgehead atoms. The SMILES string of the molecule is O=C(C=Cc1ccco1)Nc1nnc(SCc2ccc(Cl)cc2)s1. The maximum Gasteiger partial charge on any atom is 0.250 e. The standard InChI is InChI=1S/C16H12ClN3O2S2/c17-12-5-3-11(4-6-12)10-23-16-20-19-15(24-16)18-14(21)8-7-13-2-1-9-22-13/h1-9H,10H2,(H,18,19,21). The number of benzene rings is 1. The van der Waals surface area contributed by atoms with Crippen molar-refractivity contribution in [3.8, 4) is 0 Å². The first-order valence-corrected chi connectivity index (χ1v) is 9.10. The van der Waals surface area contributed by atoms with Crippen molar-refractivity contribution in [2.24, 2.45) is 0 Å². The zero-order chi connectivity index (χ0) is 16.8. The van der Waals surface area contributed by atoms with E-state index >= 15 is 0 Å². The normalized spacial score (nSPS) is 11.0. The van der Waals surface area contributed by atoms with E-state index in [1.165, 1.54) is 17.4 Å². The summed E-state index contributed by atoms with van der Waals surface area (Å²) in [5, 5.41) is 11.9. The van der Waals surface area contributed by atoms with Crippen LogP contribution in [0.5, 0.6) is 0 Å². The molecule has 0 aliphatic heterocycles. The molecule has 0 fully saturated rings. The third-order valence-electron chi connectivity index (χ3n) is 2.85. The van der Waals surface area contributed by atoms with Gasteiger partial charge in [-0.1, -0.05) is 46.8 Å². The van der Waals surface area contributed by atoms with E-state index in [0.29, 0.717) is 15.9 Å². The highest BCUT2D eigenvalue weighted by Gasteiger charge is 2.07. The van der Waals surface area contributed by atoms with E-state index in [9.17, 15) is 4.79 Å². The lowest BCUT2D eigenvalue weighted by Crippen LogP contribution is -2.07. The number of hydrogen-bond donors (Lipinski definition) is 1. The van der Waals surface area contributed by atoms with Gasteiger partial charge in [-0.15, -0.1) is 10.2 Å². The van der Waals surface area contributed by atoms with Crippen LogP contribution in [0.15, 0.2) is 57.5 Å². The minimum atomic E-state index is -0.281. The highest BCUT2D eigenvalue weighted by atomic mass is 35.5. The van der Waals surface area contributed by atoms with Crippen molar-refractivity contribution >= 4 is 51.8 Å². The van der Waals surface area contributed by atoms with Gasteiger partial charge in [0.05, 0.1) is 6.26 Å². The minimum absolute atomic E-state index is 0.281. The molecule has 24 heavy (non-hydrogen) atoms. The van der Waals surface area contributed by atoms with Crippen LogP contribution in [-0.4, -0.2) is 16.1 Å². The Morgan fingerprint density at radius 2 is 2.12 bits per heavy atom. The molecule has 0 atom stereocenters. The van der Waals surface area contributed by atoms with E-state index in [1.807, 2.05) is 24.3 Å². The number of furan rings is 1. The summed E-state index contributed by atoms with van der Waals surface area (Å²) in [6.07, 6.45) is 4.53. The van der Waals surface area contributed by atoms with Crippen LogP contribution < -0.4 is 5.32 Å². The van der Waals surface area contributed by atoms with Crippen molar-refractivity contribution in [1.29, 1.82) is 0 Å². The molecule has 0 aliphatic carbocycles. The van der Waals surface area contributed by atoms with Gasteiger partial charge in [-0.2, -0.15) is 0 Å². The first-order valence-electron chi connectivity index (χ1n) is 6.92. The predicted molar refractivity (Wildman–Crippen MR) is 97.3 cm³/mol. The summed E-state index contributed by atoms with van der Waals surface area (Å²) in [4.78, 5) is 11.8. The fourth-order valence-electron chi connectivity index (χ4n) is 1.74. The number of rotatable bonds is 6. The average Bonchev–Trinajstić information content (AvgIpc) is 3.24. The van der Waals surface area contributed by atoms with Gasteiger partial charge < -0.3 is 4.42 Å². The lowest BCUT2D eigenvalue weighted by atomic mass is 10.2. The predicted octanol–water partition coefficient (Wildman–Crippen LogP) is 4.73. The molecule has 2 heterocycles. The van der Waals surface area contributed by atoms with Crippen molar-refractivity contribution in [3.05, 3.63) is 65.1 Å². The number of carbonyl (C=O) groups excluding carboxylic acids is 1. The van der Waals surface area contributed by atoms with Crippen molar-refractivity contribution in [3.63, 3.8) is 0 Å². The van der Waals surface area contributed by atoms with Gasteiger partial charge >= 0.3 is 0 Å². The second-order valence-electron chi connectivity index (χ2n) is 4.63. The largest absolute Gasteiger partial charge is 0.465 e. The number of halogens is 1. The molecule has 5 nitrogen and oxygen atoms in total. The van der Waals surface area contributed by atoms with Crippen LogP contribution in [-0.2, 0) is 10.5 Å². The third kappa shape index (κ3) is 4.95. The van der Waals surface area contributed by atoms with Gasteiger partial charge in [-0.05, 0) is 35.9 Å². The quantitative estimate of drug-likeness (QED) is 0.382. The Bertz CT molecular complexity index is 829. The fraction of sp³-hybridized carbons (Fsp3) is 0.0625. The van der Waals surface area contributed by atoms with Crippen molar-refractivity contribution in [2.45, 2.75) is 10.1 Å². The second kappa shape index (κ2) is 8.14. The number of aromatic nitrogens is 2. The summed E-state index contributed by atoms with van der Waals surface area (Å²) < 4.78 is 5.90. The van der Waals surface area contributed by atoms with Crippen LogP contribution in [0, 0.1) is 0 Å². The molecule has 0 aliphatic rings. The fourth-order valence-corrected chi connectivity index (χ4v) is 3.57. The van der Waals surface area contributed by atoms with Gasteiger partial charge in [-0.3, -0.25) is 10.1 Å². The molecule has 3 aromatic rings. The number of nitrogens with zero attached hydrogens (tertiary/aromatic N) is 2. The molecule has 0 spiro atoms. The van der Waals surface area contributed by atoms with Gasteiger partial charge in [0.15, 0.2) is 4.34 Å². The molecule has 0 saturated heterocycles. The third-order valence-corrected chi connectivity index (χ3v) is 5.15. The summed E-state index contributed by atoms with van der Waals surface area (Å²) in [6.45, 7) is 0. The Morgan fingerprint density at radius 3 is 2.88 bits per heavy atom. The molecule has 0 saturated carbocycles. The number of nitrogens with one attached hydrogen (secondary N) is 1. The lowest BCUT2D eigenvalue weighted by molar-refractivity contribution is -0.111. The summed E-state index contributed by atoms with van der Waals surface area (Å²) in [5.41, 5.74) is 1.14. The Kier molecular flexibility index (Phi) is 5.68. The van der Waals surface area contributed by atoms with Gasteiger partial charge in [0.1, 0.15) is 5.76 Å². The molecule has 122 valence electrons. The maximum absolute atomic E-state index is 11.8. The molecular weight excluding hydrogens is 366 g/mol. The second-order valence-corrected chi connectivity index (χ2v) is 7.26. The van der Waals surface area contributed by atoms with Crippen LogP contribution in [0.3, 0.4) is 0 Å². The zero-order valence-electron chi connectivity index (χ0n) is 12.3. The van der Waals surface area contributed by atoms with Crippen LogP contribution in [0.2, 0.25) is 5.02 Å². The van der Waals surface area contributed by atoms with E-state index < -0.39 is 0 Å². The van der Waals surface area contributed by atoms with E-state index in [-0.39, 0.29) is 5.91 Å². The molecule has 2 aromatic heterocycles. The Labute approximate surface area is 151 Å². The van der Waals surface area contributed by atoms with Crippen molar-refractivity contribution in [1.82, 2.24) is 10.2 Å². The van der Waals surface area contributed by atoms with E-state index in [0.717, 1.165) is 15.7 Å². The van der Waals surface area contributed by atoms with Crippen LogP contribution >= 0.6 is 34.7 Å². The van der Waals surface area contributed by atoms with E-state index in [4.69, 9.17) is 16.0 Å². The average molecular weight is 378 g/mol. The number of thioether (sulfide) groups is 1. The van der Waals surface area contributed by atoms with Crippen LogP contribution in [0.1, 0.15) is 11.3 Å². The Balaban J connectivity index is 1.51. The highest BCUT2D eigenvalue weighted by Crippen LogP contribution is 2.28. The van der Waals surface area contributed by atoms with Gasteiger partial charge in [0.2, 0.25) is 11.0 Å². The molecule has 1 amide bonds. The monoisotopic (exact) mass is 377 g/mol. The minimum Gasteiger partial charge on any atom is -0.465 e. The highest BCUT2D eigenvalue weighted by molar-refractivity contribution is 8.00. The molecule has 1 aromatic carbocycles.